The lowest BCUT2D eigenvalue weighted by molar-refractivity contribution is -0.384. The fourth-order valence-electron chi connectivity index (χ4n) is 2.63. The van der Waals surface area contributed by atoms with Crippen LogP contribution in [0, 0.1) is 10.1 Å². The Labute approximate surface area is 140 Å². The van der Waals surface area contributed by atoms with E-state index in [1.54, 1.807) is 12.1 Å². The van der Waals surface area contributed by atoms with Crippen LogP contribution >= 0.6 is 0 Å². The number of fused-ring (bicyclic) bond motifs is 3. The summed E-state index contributed by atoms with van der Waals surface area (Å²) in [5.41, 5.74) is 1.89. The summed E-state index contributed by atoms with van der Waals surface area (Å²) in [5, 5.41) is 15.7. The number of non-ortho nitro benzene ring substituents is 1. The molecule has 0 saturated carbocycles. The maximum atomic E-state index is 12.6. The minimum absolute atomic E-state index is 0.0412. The van der Waals surface area contributed by atoms with E-state index in [0.717, 1.165) is 15.6 Å². The monoisotopic (exact) mass is 333 g/mol. The van der Waals surface area contributed by atoms with E-state index in [1.165, 1.54) is 24.7 Å². The summed E-state index contributed by atoms with van der Waals surface area (Å²) in [5.74, 6) is 0. The summed E-state index contributed by atoms with van der Waals surface area (Å²) in [7, 11) is 0. The second-order valence-electron chi connectivity index (χ2n) is 5.39. The first-order chi connectivity index (χ1) is 12.1. The highest BCUT2D eigenvalue weighted by Crippen LogP contribution is 2.20. The van der Waals surface area contributed by atoms with Gasteiger partial charge in [0.1, 0.15) is 17.4 Å². The fourth-order valence-corrected chi connectivity index (χ4v) is 2.63. The standard InChI is InChI=1S/C17H11N5O3/c23-17-16-15(13-6-1-2-7-14(13)20-16)18-10-21(17)19-9-11-4-3-5-12(8-11)22(24)25/h1-10,20H/b19-9-. The zero-order valence-corrected chi connectivity index (χ0v) is 12.8. The summed E-state index contributed by atoms with van der Waals surface area (Å²) in [4.78, 5) is 30.2. The average molecular weight is 333 g/mol. The van der Waals surface area contributed by atoms with Crippen molar-refractivity contribution in [1.29, 1.82) is 0 Å². The summed E-state index contributed by atoms with van der Waals surface area (Å²) in [6.07, 6.45) is 2.71. The van der Waals surface area contributed by atoms with Crippen molar-refractivity contribution in [2.75, 3.05) is 0 Å². The molecule has 0 saturated heterocycles. The number of rotatable bonds is 3. The van der Waals surface area contributed by atoms with E-state index in [4.69, 9.17) is 0 Å². The summed E-state index contributed by atoms with van der Waals surface area (Å²) >= 11 is 0. The molecule has 0 spiro atoms. The van der Waals surface area contributed by atoms with Crippen molar-refractivity contribution >= 4 is 33.8 Å². The van der Waals surface area contributed by atoms with E-state index in [-0.39, 0.29) is 11.2 Å². The number of nitro groups is 1. The highest BCUT2D eigenvalue weighted by atomic mass is 16.6. The number of nitro benzene ring substituents is 1. The molecule has 0 atom stereocenters. The van der Waals surface area contributed by atoms with Gasteiger partial charge in [0.15, 0.2) is 0 Å². The Morgan fingerprint density at radius 2 is 2.04 bits per heavy atom. The molecule has 0 aliphatic rings. The van der Waals surface area contributed by atoms with Crippen molar-refractivity contribution in [2.45, 2.75) is 0 Å². The van der Waals surface area contributed by atoms with Crippen LogP contribution in [0.15, 0.2) is 64.8 Å². The molecule has 0 amide bonds. The van der Waals surface area contributed by atoms with Crippen LogP contribution in [-0.2, 0) is 0 Å². The third kappa shape index (κ3) is 2.55. The largest absolute Gasteiger partial charge is 0.349 e. The van der Waals surface area contributed by atoms with Gasteiger partial charge in [0, 0.05) is 28.6 Å². The quantitative estimate of drug-likeness (QED) is 0.353. The van der Waals surface area contributed by atoms with Gasteiger partial charge in [0.05, 0.1) is 11.1 Å². The van der Waals surface area contributed by atoms with Crippen LogP contribution < -0.4 is 5.56 Å². The number of aromatic amines is 1. The molecule has 8 nitrogen and oxygen atoms in total. The smallest absolute Gasteiger partial charge is 0.298 e. The van der Waals surface area contributed by atoms with E-state index >= 15 is 0 Å². The Morgan fingerprint density at radius 1 is 1.20 bits per heavy atom. The highest BCUT2D eigenvalue weighted by molar-refractivity contribution is 6.04. The topological polar surface area (TPSA) is 106 Å². The molecule has 4 rings (SSSR count). The van der Waals surface area contributed by atoms with Crippen LogP contribution in [0.4, 0.5) is 5.69 Å². The minimum atomic E-state index is -0.485. The second-order valence-corrected chi connectivity index (χ2v) is 5.39. The number of H-pyrrole nitrogens is 1. The molecular weight excluding hydrogens is 322 g/mol. The van der Waals surface area contributed by atoms with Crippen molar-refractivity contribution in [1.82, 2.24) is 14.6 Å². The zero-order chi connectivity index (χ0) is 17.4. The van der Waals surface area contributed by atoms with E-state index in [1.807, 2.05) is 24.3 Å². The summed E-state index contributed by atoms with van der Waals surface area (Å²) in [6.45, 7) is 0. The van der Waals surface area contributed by atoms with Gasteiger partial charge in [-0.1, -0.05) is 30.3 Å². The van der Waals surface area contributed by atoms with Gasteiger partial charge in [-0.3, -0.25) is 14.9 Å². The normalized spacial score (nSPS) is 11.5. The van der Waals surface area contributed by atoms with Gasteiger partial charge >= 0.3 is 0 Å². The lowest BCUT2D eigenvalue weighted by Gasteiger charge is -1.98. The maximum absolute atomic E-state index is 12.6. The summed E-state index contributed by atoms with van der Waals surface area (Å²) < 4.78 is 1.09. The first-order valence-corrected chi connectivity index (χ1v) is 7.40. The van der Waals surface area contributed by atoms with Crippen LogP contribution in [0.5, 0.6) is 0 Å². The van der Waals surface area contributed by atoms with Crippen molar-refractivity contribution in [2.24, 2.45) is 5.10 Å². The first kappa shape index (κ1) is 14.8. The Hall–Kier alpha value is -3.81. The molecule has 0 radical (unpaired) electrons. The van der Waals surface area contributed by atoms with Gasteiger partial charge in [-0.05, 0) is 6.07 Å². The predicted molar refractivity (Wildman–Crippen MR) is 93.9 cm³/mol. The molecule has 122 valence electrons. The third-order valence-electron chi connectivity index (χ3n) is 3.81. The zero-order valence-electron chi connectivity index (χ0n) is 12.8. The Bertz CT molecular complexity index is 1210. The van der Waals surface area contributed by atoms with Crippen LogP contribution in [0.1, 0.15) is 5.56 Å². The van der Waals surface area contributed by atoms with Crippen LogP contribution in [0.25, 0.3) is 21.9 Å². The Kier molecular flexibility index (Phi) is 3.35. The van der Waals surface area contributed by atoms with E-state index < -0.39 is 4.92 Å². The van der Waals surface area contributed by atoms with Gasteiger partial charge in [0.25, 0.3) is 11.2 Å². The SMILES string of the molecule is O=c1c2[nH]c3ccccc3c2ncn1/N=C\c1cccc([N+](=O)[O-])c1. The lowest BCUT2D eigenvalue weighted by atomic mass is 10.2. The molecule has 2 aromatic heterocycles. The molecule has 0 aliphatic carbocycles. The van der Waals surface area contributed by atoms with E-state index in [0.29, 0.717) is 16.6 Å². The number of hydrogen-bond donors (Lipinski definition) is 1. The lowest BCUT2D eigenvalue weighted by Crippen LogP contribution is -2.17. The fraction of sp³-hybridized carbons (Fsp3) is 0. The van der Waals surface area contributed by atoms with Gasteiger partial charge in [0.2, 0.25) is 0 Å². The van der Waals surface area contributed by atoms with Crippen molar-refractivity contribution in [3.05, 3.63) is 80.9 Å². The minimum Gasteiger partial charge on any atom is -0.349 e. The van der Waals surface area contributed by atoms with Crippen LogP contribution in [0.2, 0.25) is 0 Å². The van der Waals surface area contributed by atoms with Gasteiger partial charge in [-0.2, -0.15) is 9.78 Å². The number of nitrogens with one attached hydrogen (secondary N) is 1. The molecule has 25 heavy (non-hydrogen) atoms. The van der Waals surface area contributed by atoms with Crippen LogP contribution in [0.3, 0.4) is 0 Å². The number of hydrogen-bond acceptors (Lipinski definition) is 5. The molecule has 2 heterocycles. The molecular formula is C17H11N5O3. The third-order valence-corrected chi connectivity index (χ3v) is 3.81. The summed E-state index contributed by atoms with van der Waals surface area (Å²) in [6, 6.07) is 13.5. The maximum Gasteiger partial charge on any atom is 0.298 e. The van der Waals surface area contributed by atoms with Crippen LogP contribution in [-0.4, -0.2) is 25.8 Å². The van der Waals surface area contributed by atoms with Gasteiger partial charge in [-0.15, -0.1) is 0 Å². The van der Waals surface area contributed by atoms with Gasteiger partial charge in [-0.25, -0.2) is 4.98 Å². The van der Waals surface area contributed by atoms with E-state index in [9.17, 15) is 14.9 Å². The Balaban J connectivity index is 1.78. The molecule has 0 fully saturated rings. The molecule has 8 heteroatoms. The molecule has 1 N–H and O–H groups in total. The molecule has 0 unspecified atom stereocenters. The number of para-hydroxylation sites is 1. The Morgan fingerprint density at radius 3 is 2.88 bits per heavy atom. The number of nitrogens with zero attached hydrogens (tertiary/aromatic N) is 4. The van der Waals surface area contributed by atoms with E-state index in [2.05, 4.69) is 15.1 Å². The number of aromatic nitrogens is 3. The molecule has 4 aromatic rings. The molecule has 0 bridgehead atoms. The molecule has 2 aromatic carbocycles. The second kappa shape index (κ2) is 5.68. The first-order valence-electron chi connectivity index (χ1n) is 7.40. The average Bonchev–Trinajstić information content (AvgIpc) is 3.01. The van der Waals surface area contributed by atoms with Gasteiger partial charge < -0.3 is 4.98 Å². The molecule has 0 aliphatic heterocycles. The predicted octanol–water partition coefficient (Wildman–Crippen LogP) is 2.67. The van der Waals surface area contributed by atoms with Crippen molar-refractivity contribution in [3.63, 3.8) is 0 Å². The highest BCUT2D eigenvalue weighted by Gasteiger charge is 2.10. The van der Waals surface area contributed by atoms with Crippen molar-refractivity contribution in [3.8, 4) is 0 Å². The van der Waals surface area contributed by atoms with Crippen molar-refractivity contribution < 1.29 is 4.92 Å². The number of benzene rings is 2.